The van der Waals surface area contributed by atoms with E-state index in [2.05, 4.69) is 0 Å². The van der Waals surface area contributed by atoms with Crippen molar-refractivity contribution in [2.24, 2.45) is 7.05 Å². The van der Waals surface area contributed by atoms with Crippen LogP contribution in [0.1, 0.15) is 26.3 Å². The second-order valence-electron chi connectivity index (χ2n) is 11.2. The average Bonchev–Trinajstić information content (AvgIpc) is 3.42. The van der Waals surface area contributed by atoms with Gasteiger partial charge in [-0.05, 0) is 50.6 Å². The van der Waals surface area contributed by atoms with Gasteiger partial charge in [0, 0.05) is 23.9 Å². The van der Waals surface area contributed by atoms with Crippen LogP contribution in [0.5, 0.6) is 5.75 Å². The summed E-state index contributed by atoms with van der Waals surface area (Å²) in [5, 5.41) is 1.18. The Balaban J connectivity index is 1.64. The first-order valence-corrected chi connectivity index (χ1v) is 13.5. The van der Waals surface area contributed by atoms with Crippen molar-refractivity contribution in [2.75, 3.05) is 0 Å². The molecule has 0 N–H and O–H groups in total. The Labute approximate surface area is 238 Å². The lowest BCUT2D eigenvalue weighted by Crippen LogP contribution is -2.27. The molecular formula is C33H26N2O7. The fraction of sp³-hybridized carbons (Fsp3) is 0.182. The molecule has 7 aromatic rings. The summed E-state index contributed by atoms with van der Waals surface area (Å²) in [6.45, 7) is 5.63. The van der Waals surface area contributed by atoms with Crippen LogP contribution in [0.4, 0.5) is 4.79 Å². The number of carbonyl (C=O) groups excluding carboxylic acids is 1. The van der Waals surface area contributed by atoms with Gasteiger partial charge in [-0.1, -0.05) is 42.5 Å². The van der Waals surface area contributed by atoms with Gasteiger partial charge in [0.15, 0.2) is 22.3 Å². The smallest absolute Gasteiger partial charge is 0.419 e. The van der Waals surface area contributed by atoms with E-state index in [0.717, 1.165) is 10.1 Å². The highest BCUT2D eigenvalue weighted by molar-refractivity contribution is 6.31. The molecule has 0 radical (unpaired) electrons. The molecule has 0 atom stereocenters. The second-order valence-corrected chi connectivity index (χ2v) is 11.2. The maximum absolute atomic E-state index is 13.9. The molecule has 9 nitrogen and oxygen atoms in total. The van der Waals surface area contributed by atoms with E-state index in [-0.39, 0.29) is 27.5 Å². The first-order chi connectivity index (χ1) is 20.1. The summed E-state index contributed by atoms with van der Waals surface area (Å²) in [5.41, 5.74) is 0.844. The van der Waals surface area contributed by atoms with Crippen molar-refractivity contribution in [1.82, 2.24) is 9.13 Å². The molecule has 0 saturated heterocycles. The minimum atomic E-state index is -0.825. The number of hydrogen-bond donors (Lipinski definition) is 0. The molecule has 210 valence electrons. The van der Waals surface area contributed by atoms with Crippen LogP contribution >= 0.6 is 0 Å². The fourth-order valence-corrected chi connectivity index (χ4v) is 5.40. The molecule has 0 fully saturated rings. The molecule has 0 spiro atoms. The monoisotopic (exact) mass is 562 g/mol. The number of para-hydroxylation sites is 2. The van der Waals surface area contributed by atoms with Gasteiger partial charge in [-0.15, -0.1) is 0 Å². The fourth-order valence-electron chi connectivity index (χ4n) is 5.40. The van der Waals surface area contributed by atoms with Crippen molar-refractivity contribution >= 4 is 61.0 Å². The van der Waals surface area contributed by atoms with Gasteiger partial charge in [0.05, 0.1) is 10.9 Å². The SMILES string of the molecule is Cn1c(=O)c2c3oc4ccccc4oc3c3c(c4ccc(OCc5ccccc5)cc4n3C(=O)OC(C)(C)C)c2c1=O. The molecular weight excluding hydrogens is 536 g/mol. The third kappa shape index (κ3) is 3.88. The van der Waals surface area contributed by atoms with E-state index in [9.17, 15) is 14.4 Å². The van der Waals surface area contributed by atoms with E-state index in [1.54, 1.807) is 63.2 Å². The standard InChI is InChI=1S/C33H26N2O7/c1-33(2,3)42-32(38)35-21-16-19(39-17-18-10-6-5-7-11-18)14-15-20(21)24-25-26(31(37)34(4)30(25)36)28-29(27(24)35)41-23-13-9-8-12-22(23)40-28/h5-16H,17H2,1-4H3. The second kappa shape index (κ2) is 9.10. The van der Waals surface area contributed by atoms with E-state index in [1.165, 1.54) is 11.6 Å². The summed E-state index contributed by atoms with van der Waals surface area (Å²) in [7, 11) is 1.42. The third-order valence-electron chi connectivity index (χ3n) is 7.22. The summed E-state index contributed by atoms with van der Waals surface area (Å²) in [6.07, 6.45) is -0.683. The molecule has 0 aliphatic carbocycles. The van der Waals surface area contributed by atoms with Crippen molar-refractivity contribution < 1.29 is 23.1 Å². The molecule has 3 heterocycles. The van der Waals surface area contributed by atoms with E-state index < -0.39 is 22.8 Å². The van der Waals surface area contributed by atoms with Crippen LogP contribution in [-0.2, 0) is 18.4 Å². The minimum Gasteiger partial charge on any atom is -0.489 e. The van der Waals surface area contributed by atoms with E-state index in [1.807, 2.05) is 30.3 Å². The topological polar surface area (TPSA) is 106 Å². The Kier molecular flexibility index (Phi) is 5.56. The Hall–Kier alpha value is -5.31. The van der Waals surface area contributed by atoms with Crippen LogP contribution in [0.3, 0.4) is 0 Å². The highest BCUT2D eigenvalue weighted by Crippen LogP contribution is 2.41. The van der Waals surface area contributed by atoms with Gasteiger partial charge in [0.1, 0.15) is 28.9 Å². The van der Waals surface area contributed by atoms with Crippen LogP contribution < -0.4 is 15.9 Å². The molecule has 0 saturated carbocycles. The largest absolute Gasteiger partial charge is 0.489 e. The van der Waals surface area contributed by atoms with Crippen LogP contribution in [0.2, 0.25) is 0 Å². The van der Waals surface area contributed by atoms with E-state index >= 15 is 0 Å². The lowest BCUT2D eigenvalue weighted by atomic mass is 10.1. The number of aromatic nitrogens is 2. The molecule has 0 aliphatic rings. The molecule has 0 bridgehead atoms. The van der Waals surface area contributed by atoms with Gasteiger partial charge in [0.2, 0.25) is 0 Å². The normalized spacial score (nSPS) is 12.2. The Bertz CT molecular complexity index is 2330. The minimum absolute atomic E-state index is 0.0760. The number of benzene rings is 4. The molecule has 0 unspecified atom stereocenters. The van der Waals surface area contributed by atoms with Gasteiger partial charge in [-0.3, -0.25) is 14.2 Å². The van der Waals surface area contributed by atoms with Gasteiger partial charge < -0.3 is 18.3 Å². The molecule has 4 aromatic carbocycles. The average molecular weight is 563 g/mol. The molecule has 0 aliphatic heterocycles. The van der Waals surface area contributed by atoms with E-state index in [4.69, 9.17) is 18.3 Å². The van der Waals surface area contributed by atoms with Crippen molar-refractivity contribution in [3.05, 3.63) is 99.1 Å². The van der Waals surface area contributed by atoms with Gasteiger partial charge >= 0.3 is 6.09 Å². The maximum Gasteiger partial charge on any atom is 0.419 e. The van der Waals surface area contributed by atoms with Gasteiger partial charge in [-0.25, -0.2) is 9.36 Å². The zero-order valence-corrected chi connectivity index (χ0v) is 23.4. The van der Waals surface area contributed by atoms with Crippen molar-refractivity contribution in [1.29, 1.82) is 0 Å². The zero-order chi connectivity index (χ0) is 29.3. The van der Waals surface area contributed by atoms with E-state index in [0.29, 0.717) is 39.8 Å². The summed E-state index contributed by atoms with van der Waals surface area (Å²) in [6, 6.07) is 22.0. The Morgan fingerprint density at radius 2 is 1.45 bits per heavy atom. The quantitative estimate of drug-likeness (QED) is 0.217. The van der Waals surface area contributed by atoms with Gasteiger partial charge in [-0.2, -0.15) is 0 Å². The van der Waals surface area contributed by atoms with Crippen LogP contribution in [0, 0.1) is 0 Å². The summed E-state index contributed by atoms with van der Waals surface area (Å²) in [4.78, 5) is 40.9. The summed E-state index contributed by atoms with van der Waals surface area (Å²) < 4.78 is 26.9. The predicted molar refractivity (Wildman–Crippen MR) is 160 cm³/mol. The highest BCUT2D eigenvalue weighted by atomic mass is 16.6. The Morgan fingerprint density at radius 1 is 0.810 bits per heavy atom. The molecule has 3 aromatic heterocycles. The lowest BCUT2D eigenvalue weighted by Gasteiger charge is -2.20. The number of nitrogens with zero attached hydrogens (tertiary/aromatic N) is 2. The van der Waals surface area contributed by atoms with Crippen molar-refractivity contribution in [3.63, 3.8) is 0 Å². The predicted octanol–water partition coefficient (Wildman–Crippen LogP) is 6.86. The van der Waals surface area contributed by atoms with Crippen LogP contribution in [-0.4, -0.2) is 20.8 Å². The summed E-state index contributed by atoms with van der Waals surface area (Å²) >= 11 is 0. The lowest BCUT2D eigenvalue weighted by molar-refractivity contribution is 0.0551. The highest BCUT2D eigenvalue weighted by Gasteiger charge is 2.30. The first-order valence-electron chi connectivity index (χ1n) is 13.5. The van der Waals surface area contributed by atoms with Gasteiger partial charge in [0.25, 0.3) is 11.1 Å². The molecule has 0 amide bonds. The molecule has 9 heteroatoms. The number of fused-ring (bicyclic) bond motifs is 9. The third-order valence-corrected chi connectivity index (χ3v) is 7.22. The number of carbonyl (C=O) groups is 1. The zero-order valence-electron chi connectivity index (χ0n) is 23.4. The number of rotatable bonds is 3. The molecule has 42 heavy (non-hydrogen) atoms. The summed E-state index contributed by atoms with van der Waals surface area (Å²) in [5.74, 6) is 0.506. The maximum atomic E-state index is 13.9. The first kappa shape index (κ1) is 25.6. The van der Waals surface area contributed by atoms with Crippen LogP contribution in [0.25, 0.3) is 54.9 Å². The Morgan fingerprint density at radius 3 is 2.14 bits per heavy atom. The van der Waals surface area contributed by atoms with Crippen molar-refractivity contribution in [3.8, 4) is 5.75 Å². The van der Waals surface area contributed by atoms with Crippen LogP contribution in [0.15, 0.2) is 91.2 Å². The number of hydrogen-bond acceptors (Lipinski definition) is 7. The number of ether oxygens (including phenoxy) is 2. The molecule has 7 rings (SSSR count). The van der Waals surface area contributed by atoms with Crippen molar-refractivity contribution in [2.45, 2.75) is 33.0 Å².